The number of pyridine rings is 1. The molecule has 0 aromatic carbocycles. The van der Waals surface area contributed by atoms with Crippen LogP contribution in [0.2, 0.25) is 0 Å². The summed E-state index contributed by atoms with van der Waals surface area (Å²) in [5.41, 5.74) is 3.92. The van der Waals surface area contributed by atoms with E-state index in [9.17, 15) is 14.7 Å². The maximum absolute atomic E-state index is 11.7. The molecule has 1 aromatic heterocycles. The van der Waals surface area contributed by atoms with Crippen LogP contribution >= 0.6 is 0 Å². The molecule has 1 heterocycles. The van der Waals surface area contributed by atoms with Crippen molar-refractivity contribution in [1.82, 2.24) is 10.3 Å². The van der Waals surface area contributed by atoms with Crippen LogP contribution in [0.1, 0.15) is 69.3 Å². The first kappa shape index (κ1) is 23.5. The molecule has 1 atom stereocenters. The van der Waals surface area contributed by atoms with Crippen LogP contribution in [-0.2, 0) is 33.5 Å². The highest BCUT2D eigenvalue weighted by Crippen LogP contribution is 2.34. The number of alkyl carbamates (subject to hydrolysis) is 1. The zero-order valence-corrected chi connectivity index (χ0v) is 18.8. The Morgan fingerprint density at radius 1 is 1.23 bits per heavy atom. The second kappa shape index (κ2) is 11.5. The van der Waals surface area contributed by atoms with Gasteiger partial charge in [0, 0.05) is 24.4 Å². The Labute approximate surface area is 184 Å². The van der Waals surface area contributed by atoms with Gasteiger partial charge in [-0.05, 0) is 74.8 Å². The summed E-state index contributed by atoms with van der Waals surface area (Å²) >= 11 is 0. The van der Waals surface area contributed by atoms with Gasteiger partial charge in [-0.1, -0.05) is 19.9 Å². The minimum Gasteiger partial charge on any atom is -0.480 e. The number of aliphatic carboxylic acids is 1. The molecule has 7 heteroatoms. The van der Waals surface area contributed by atoms with E-state index in [4.69, 9.17) is 14.5 Å². The first-order chi connectivity index (χ1) is 14.9. The van der Waals surface area contributed by atoms with Crippen molar-refractivity contribution < 1.29 is 24.2 Å². The van der Waals surface area contributed by atoms with E-state index in [2.05, 4.69) is 17.4 Å². The number of ether oxygens (including phenoxy) is 2. The van der Waals surface area contributed by atoms with Crippen molar-refractivity contribution in [2.45, 2.75) is 83.8 Å². The number of amides is 1. The van der Waals surface area contributed by atoms with Crippen LogP contribution in [0.25, 0.3) is 0 Å². The van der Waals surface area contributed by atoms with E-state index in [0.29, 0.717) is 12.5 Å². The smallest absolute Gasteiger partial charge is 0.407 e. The van der Waals surface area contributed by atoms with Crippen molar-refractivity contribution in [2.75, 3.05) is 13.2 Å². The molecule has 0 spiro atoms. The third-order valence-electron chi connectivity index (χ3n) is 6.14. The first-order valence-corrected chi connectivity index (χ1v) is 11.7. The molecule has 2 aliphatic rings. The summed E-state index contributed by atoms with van der Waals surface area (Å²) in [7, 11) is 0. The van der Waals surface area contributed by atoms with Crippen LogP contribution in [-0.4, -0.2) is 47.5 Å². The molecule has 1 amide bonds. The number of aryl methyl sites for hydroxylation is 3. The third kappa shape index (κ3) is 7.49. The van der Waals surface area contributed by atoms with E-state index >= 15 is 0 Å². The van der Waals surface area contributed by atoms with Gasteiger partial charge in [0.05, 0.1) is 12.7 Å². The highest BCUT2D eigenvalue weighted by Gasteiger charge is 2.30. The van der Waals surface area contributed by atoms with Gasteiger partial charge >= 0.3 is 12.1 Å². The van der Waals surface area contributed by atoms with Gasteiger partial charge < -0.3 is 19.9 Å². The summed E-state index contributed by atoms with van der Waals surface area (Å²) in [6, 6.07) is 3.45. The van der Waals surface area contributed by atoms with Gasteiger partial charge in [-0.25, -0.2) is 9.59 Å². The highest BCUT2D eigenvalue weighted by molar-refractivity contribution is 5.79. The molecule has 31 heavy (non-hydrogen) atoms. The van der Waals surface area contributed by atoms with Crippen molar-refractivity contribution in [2.24, 2.45) is 11.8 Å². The van der Waals surface area contributed by atoms with Crippen molar-refractivity contribution >= 4 is 12.1 Å². The van der Waals surface area contributed by atoms with Gasteiger partial charge in [-0.2, -0.15) is 0 Å². The summed E-state index contributed by atoms with van der Waals surface area (Å²) in [5.74, 6) is -0.233. The van der Waals surface area contributed by atoms with Gasteiger partial charge in [0.2, 0.25) is 0 Å². The number of rotatable bonds is 11. The normalized spacial score (nSPS) is 21.1. The molecule has 1 fully saturated rings. The summed E-state index contributed by atoms with van der Waals surface area (Å²) in [4.78, 5) is 27.9. The molecule has 0 aliphatic heterocycles. The summed E-state index contributed by atoms with van der Waals surface area (Å²) in [6.07, 6.45) is 8.67. The van der Waals surface area contributed by atoms with E-state index in [1.807, 2.05) is 13.8 Å². The number of carbonyl (C=O) groups excluding carboxylic acids is 1. The van der Waals surface area contributed by atoms with Crippen LogP contribution in [0.3, 0.4) is 0 Å². The molecule has 2 N–H and O–H groups in total. The van der Waals surface area contributed by atoms with E-state index in [1.54, 1.807) is 0 Å². The van der Waals surface area contributed by atoms with Gasteiger partial charge in [0.25, 0.3) is 0 Å². The number of carboxylic acids is 1. The molecule has 0 bridgehead atoms. The molecule has 0 radical (unpaired) electrons. The Morgan fingerprint density at radius 2 is 2.00 bits per heavy atom. The Bertz CT molecular complexity index is 745. The van der Waals surface area contributed by atoms with Crippen molar-refractivity contribution in [3.8, 4) is 0 Å². The Balaban J connectivity index is 1.30. The Kier molecular flexibility index (Phi) is 8.69. The van der Waals surface area contributed by atoms with Gasteiger partial charge in [0.1, 0.15) is 6.04 Å². The fraction of sp³-hybridized carbons (Fsp3) is 0.708. The van der Waals surface area contributed by atoms with E-state index in [-0.39, 0.29) is 25.0 Å². The predicted octanol–water partition coefficient (Wildman–Crippen LogP) is 3.91. The second-order valence-electron chi connectivity index (χ2n) is 9.30. The number of fused-ring (bicyclic) bond motifs is 1. The maximum atomic E-state index is 11.7. The largest absolute Gasteiger partial charge is 0.480 e. The van der Waals surface area contributed by atoms with Gasteiger partial charge in [-0.15, -0.1) is 0 Å². The maximum Gasteiger partial charge on any atom is 0.407 e. The standard InChI is InChI=1S/C24H36N2O5/c1-16(2)15-31-24(29)26-22(23(27)28)11-12-30-20-13-17(14-20)7-9-19-10-8-18-5-3-4-6-21(18)25-19/h8,10,16-17,20,22H,3-7,9,11-15H2,1-2H3,(H,26,29)(H,27,28). The zero-order chi connectivity index (χ0) is 22.2. The molecule has 7 nitrogen and oxygen atoms in total. The van der Waals surface area contributed by atoms with Crippen LogP contribution in [0.5, 0.6) is 0 Å². The molecule has 3 rings (SSSR count). The van der Waals surface area contributed by atoms with Crippen molar-refractivity contribution in [1.29, 1.82) is 0 Å². The quantitative estimate of drug-likeness (QED) is 0.550. The van der Waals surface area contributed by atoms with E-state index < -0.39 is 18.1 Å². The van der Waals surface area contributed by atoms with Crippen molar-refractivity contribution in [3.05, 3.63) is 29.1 Å². The predicted molar refractivity (Wildman–Crippen MR) is 117 cm³/mol. The molecule has 172 valence electrons. The van der Waals surface area contributed by atoms with Crippen LogP contribution < -0.4 is 5.32 Å². The van der Waals surface area contributed by atoms with Crippen molar-refractivity contribution in [3.63, 3.8) is 0 Å². The molecule has 1 saturated carbocycles. The lowest BCUT2D eigenvalue weighted by molar-refractivity contribution is -0.140. The second-order valence-corrected chi connectivity index (χ2v) is 9.30. The third-order valence-corrected chi connectivity index (χ3v) is 6.14. The summed E-state index contributed by atoms with van der Waals surface area (Å²) < 4.78 is 10.8. The number of aromatic nitrogens is 1. The fourth-order valence-electron chi connectivity index (χ4n) is 4.20. The Hall–Kier alpha value is -2.15. The molecular weight excluding hydrogens is 396 g/mol. The zero-order valence-electron chi connectivity index (χ0n) is 18.8. The number of nitrogens with zero attached hydrogens (tertiary/aromatic N) is 1. The summed E-state index contributed by atoms with van der Waals surface area (Å²) in [6.45, 7) is 4.42. The average molecular weight is 433 g/mol. The SMILES string of the molecule is CC(C)COC(=O)NC(CCOC1CC(CCc2ccc3c(n2)CCCC3)C1)C(=O)O. The minimum absolute atomic E-state index is 0.184. The first-order valence-electron chi connectivity index (χ1n) is 11.7. The molecule has 2 aliphatic carbocycles. The monoisotopic (exact) mass is 432 g/mol. The molecule has 1 aromatic rings. The fourth-order valence-corrected chi connectivity index (χ4v) is 4.20. The average Bonchev–Trinajstić information content (AvgIpc) is 2.72. The number of nitrogens with one attached hydrogen (secondary N) is 1. The lowest BCUT2D eigenvalue weighted by Crippen LogP contribution is -2.42. The molecular formula is C24H36N2O5. The molecule has 1 unspecified atom stereocenters. The molecule has 0 saturated heterocycles. The lowest BCUT2D eigenvalue weighted by Gasteiger charge is -2.35. The topological polar surface area (TPSA) is 97.8 Å². The number of carboxylic acid groups (broad SMARTS) is 1. The van der Waals surface area contributed by atoms with Gasteiger partial charge in [0.15, 0.2) is 0 Å². The lowest BCUT2D eigenvalue weighted by atomic mass is 9.79. The Morgan fingerprint density at radius 3 is 2.74 bits per heavy atom. The number of hydrogen-bond donors (Lipinski definition) is 2. The highest BCUT2D eigenvalue weighted by atomic mass is 16.5. The van der Waals surface area contributed by atoms with Crippen LogP contribution in [0.15, 0.2) is 12.1 Å². The van der Waals surface area contributed by atoms with Crippen LogP contribution in [0.4, 0.5) is 4.79 Å². The van der Waals surface area contributed by atoms with E-state index in [1.165, 1.54) is 36.2 Å². The van der Waals surface area contributed by atoms with E-state index in [0.717, 1.165) is 32.1 Å². The number of carbonyl (C=O) groups is 2. The van der Waals surface area contributed by atoms with Crippen LogP contribution in [0, 0.1) is 11.8 Å². The number of hydrogen-bond acceptors (Lipinski definition) is 5. The summed E-state index contributed by atoms with van der Waals surface area (Å²) in [5, 5.41) is 11.7. The van der Waals surface area contributed by atoms with Gasteiger partial charge in [-0.3, -0.25) is 4.98 Å². The minimum atomic E-state index is -1.07.